The van der Waals surface area contributed by atoms with Crippen LogP contribution < -0.4 is 9.47 Å². The highest BCUT2D eigenvalue weighted by Gasteiger charge is 2.15. The summed E-state index contributed by atoms with van der Waals surface area (Å²) in [6, 6.07) is 5.68. The topological polar surface area (TPSA) is 31.4 Å². The second kappa shape index (κ2) is 4.84. The van der Waals surface area contributed by atoms with E-state index in [1.165, 1.54) is 0 Å². The zero-order valence-electron chi connectivity index (χ0n) is 8.86. The number of rotatable bonds is 3. The van der Waals surface area contributed by atoms with E-state index < -0.39 is 0 Å². The first-order valence-corrected chi connectivity index (χ1v) is 6.26. The quantitative estimate of drug-likeness (QED) is 0.868. The fraction of sp³-hybridized carbons (Fsp3) is 0.182. The highest BCUT2D eigenvalue weighted by molar-refractivity contribution is 9.10. The molecule has 0 fully saturated rings. The van der Waals surface area contributed by atoms with E-state index in [0.717, 1.165) is 26.7 Å². The molecule has 5 heteroatoms. The molecule has 0 spiro atoms. The minimum Gasteiger partial charge on any atom is -0.496 e. The van der Waals surface area contributed by atoms with Crippen LogP contribution >= 0.6 is 27.3 Å². The van der Waals surface area contributed by atoms with Gasteiger partial charge in [-0.25, -0.2) is 4.98 Å². The van der Waals surface area contributed by atoms with Gasteiger partial charge in [0.15, 0.2) is 0 Å². The van der Waals surface area contributed by atoms with Crippen LogP contribution in [0.2, 0.25) is 0 Å². The molecule has 1 heterocycles. The van der Waals surface area contributed by atoms with Crippen LogP contribution in [0.1, 0.15) is 0 Å². The number of nitrogens with zero attached hydrogens (tertiary/aromatic N) is 1. The Morgan fingerprint density at radius 3 is 2.25 bits per heavy atom. The normalized spacial score (nSPS) is 10.2. The van der Waals surface area contributed by atoms with Crippen molar-refractivity contribution < 1.29 is 9.47 Å². The molecule has 0 amide bonds. The van der Waals surface area contributed by atoms with E-state index in [0.29, 0.717) is 0 Å². The van der Waals surface area contributed by atoms with Crippen molar-refractivity contribution >= 4 is 27.3 Å². The van der Waals surface area contributed by atoms with Gasteiger partial charge in [-0.2, -0.15) is 0 Å². The van der Waals surface area contributed by atoms with Gasteiger partial charge in [0.05, 0.1) is 19.8 Å². The van der Waals surface area contributed by atoms with Crippen molar-refractivity contribution in [1.29, 1.82) is 0 Å². The Hall–Kier alpha value is -1.07. The van der Waals surface area contributed by atoms with Crippen LogP contribution in [0.3, 0.4) is 0 Å². The number of aromatic nitrogens is 1. The second-order valence-electron chi connectivity index (χ2n) is 3.01. The van der Waals surface area contributed by atoms with Crippen LogP contribution in [0.15, 0.2) is 28.2 Å². The van der Waals surface area contributed by atoms with Crippen molar-refractivity contribution in [1.82, 2.24) is 4.98 Å². The van der Waals surface area contributed by atoms with Crippen molar-refractivity contribution in [3.63, 3.8) is 0 Å². The van der Waals surface area contributed by atoms with Crippen LogP contribution in [0.25, 0.3) is 10.6 Å². The lowest BCUT2D eigenvalue weighted by atomic mass is 10.2. The summed E-state index contributed by atoms with van der Waals surface area (Å²) in [4.78, 5) is 4.37. The van der Waals surface area contributed by atoms with Gasteiger partial charge in [0, 0.05) is 5.38 Å². The number of methoxy groups -OCH3 is 2. The van der Waals surface area contributed by atoms with Gasteiger partial charge < -0.3 is 9.47 Å². The molecule has 2 rings (SSSR count). The number of hydrogen-bond acceptors (Lipinski definition) is 4. The first kappa shape index (κ1) is 11.4. The standard InChI is InChI=1S/C11H10BrNO2S/c1-14-7-4-3-5-8(15-2)10(7)11-13-9(12)6-16-11/h3-6H,1-2H3. The molecular weight excluding hydrogens is 290 g/mol. The molecule has 0 N–H and O–H groups in total. The van der Waals surface area contributed by atoms with Crippen molar-refractivity contribution in [2.75, 3.05) is 14.2 Å². The molecule has 0 radical (unpaired) electrons. The van der Waals surface area contributed by atoms with Gasteiger partial charge in [-0.15, -0.1) is 11.3 Å². The predicted molar refractivity (Wildman–Crippen MR) is 68.4 cm³/mol. The van der Waals surface area contributed by atoms with Gasteiger partial charge in [0.25, 0.3) is 0 Å². The number of thiazole rings is 1. The fourth-order valence-corrected chi connectivity index (χ4v) is 2.74. The smallest absolute Gasteiger partial charge is 0.132 e. The minimum atomic E-state index is 0.765. The maximum absolute atomic E-state index is 5.32. The molecule has 0 bridgehead atoms. The third-order valence-corrected chi connectivity index (χ3v) is 3.69. The van der Waals surface area contributed by atoms with E-state index in [9.17, 15) is 0 Å². The van der Waals surface area contributed by atoms with E-state index in [2.05, 4.69) is 20.9 Å². The number of benzene rings is 1. The molecule has 1 aromatic carbocycles. The summed E-state index contributed by atoms with van der Waals surface area (Å²) in [5.74, 6) is 1.53. The molecule has 1 aromatic heterocycles. The van der Waals surface area contributed by atoms with Crippen molar-refractivity contribution in [3.8, 4) is 22.1 Å². The molecule has 0 atom stereocenters. The maximum Gasteiger partial charge on any atom is 0.132 e. The second-order valence-corrected chi connectivity index (χ2v) is 4.68. The monoisotopic (exact) mass is 299 g/mol. The highest BCUT2D eigenvalue weighted by Crippen LogP contribution is 2.40. The molecule has 2 aromatic rings. The summed E-state index contributed by atoms with van der Waals surface area (Å²) in [6.45, 7) is 0. The lowest BCUT2D eigenvalue weighted by Gasteiger charge is -2.10. The van der Waals surface area contributed by atoms with Crippen LogP contribution in [0, 0.1) is 0 Å². The van der Waals surface area contributed by atoms with Gasteiger partial charge in [0.1, 0.15) is 21.1 Å². The van der Waals surface area contributed by atoms with Gasteiger partial charge in [-0.05, 0) is 28.1 Å². The van der Waals surface area contributed by atoms with E-state index in [-0.39, 0.29) is 0 Å². The van der Waals surface area contributed by atoms with Crippen LogP contribution in [-0.2, 0) is 0 Å². The molecule has 0 aliphatic carbocycles. The summed E-state index contributed by atoms with van der Waals surface area (Å²) < 4.78 is 11.5. The SMILES string of the molecule is COc1cccc(OC)c1-c1nc(Br)cs1. The Kier molecular flexibility index (Phi) is 3.46. The van der Waals surface area contributed by atoms with Crippen molar-refractivity contribution in [3.05, 3.63) is 28.2 Å². The Bertz CT molecular complexity index is 476. The maximum atomic E-state index is 5.32. The number of hydrogen-bond donors (Lipinski definition) is 0. The molecule has 0 unspecified atom stereocenters. The first-order chi connectivity index (χ1) is 7.76. The molecular formula is C11H10BrNO2S. The molecule has 0 saturated carbocycles. The zero-order valence-corrected chi connectivity index (χ0v) is 11.3. The van der Waals surface area contributed by atoms with E-state index in [1.54, 1.807) is 25.6 Å². The third-order valence-electron chi connectivity index (χ3n) is 2.12. The van der Waals surface area contributed by atoms with Crippen LogP contribution in [0.5, 0.6) is 11.5 Å². The summed E-state index contributed by atoms with van der Waals surface area (Å²) >= 11 is 4.88. The summed E-state index contributed by atoms with van der Waals surface area (Å²) in [6.07, 6.45) is 0. The van der Waals surface area contributed by atoms with Crippen molar-refractivity contribution in [2.24, 2.45) is 0 Å². The molecule has 0 saturated heterocycles. The molecule has 3 nitrogen and oxygen atoms in total. The zero-order chi connectivity index (χ0) is 11.5. The first-order valence-electron chi connectivity index (χ1n) is 4.58. The van der Waals surface area contributed by atoms with Crippen molar-refractivity contribution in [2.45, 2.75) is 0 Å². The predicted octanol–water partition coefficient (Wildman–Crippen LogP) is 3.59. The minimum absolute atomic E-state index is 0.765. The van der Waals surface area contributed by atoms with Gasteiger partial charge in [-0.1, -0.05) is 6.07 Å². The fourth-order valence-electron chi connectivity index (χ4n) is 1.43. The Morgan fingerprint density at radius 1 is 1.19 bits per heavy atom. The third kappa shape index (κ3) is 2.05. The van der Waals surface area contributed by atoms with E-state index in [1.807, 2.05) is 23.6 Å². The summed E-state index contributed by atoms with van der Waals surface area (Å²) in [5.41, 5.74) is 0.892. The van der Waals surface area contributed by atoms with Gasteiger partial charge in [0.2, 0.25) is 0 Å². The lowest BCUT2D eigenvalue weighted by Crippen LogP contribution is -1.92. The number of halogens is 1. The lowest BCUT2D eigenvalue weighted by molar-refractivity contribution is 0.397. The van der Waals surface area contributed by atoms with E-state index in [4.69, 9.17) is 9.47 Å². The average molecular weight is 300 g/mol. The highest BCUT2D eigenvalue weighted by atomic mass is 79.9. The van der Waals surface area contributed by atoms with E-state index >= 15 is 0 Å². The van der Waals surface area contributed by atoms with Crippen LogP contribution in [-0.4, -0.2) is 19.2 Å². The van der Waals surface area contributed by atoms with Crippen LogP contribution in [0.4, 0.5) is 0 Å². The molecule has 0 aliphatic heterocycles. The summed E-state index contributed by atoms with van der Waals surface area (Å²) in [7, 11) is 3.28. The largest absolute Gasteiger partial charge is 0.496 e. The Balaban J connectivity index is 2.60. The average Bonchev–Trinajstić information content (AvgIpc) is 2.74. The number of ether oxygens (including phenoxy) is 2. The van der Waals surface area contributed by atoms with Gasteiger partial charge in [-0.3, -0.25) is 0 Å². The summed E-state index contributed by atoms with van der Waals surface area (Å²) in [5, 5.41) is 2.81. The Labute approximate surface area is 106 Å². The molecule has 84 valence electrons. The van der Waals surface area contributed by atoms with Gasteiger partial charge >= 0.3 is 0 Å². The molecule has 0 aliphatic rings. The Morgan fingerprint density at radius 2 is 1.81 bits per heavy atom. The molecule has 16 heavy (non-hydrogen) atoms.